The number of pyridine rings is 1. The highest BCUT2D eigenvalue weighted by atomic mass is 19.1. The van der Waals surface area contributed by atoms with Crippen molar-refractivity contribution in [2.24, 2.45) is 0 Å². The quantitative estimate of drug-likeness (QED) is 0.904. The number of halogens is 1. The molecule has 0 saturated heterocycles. The SMILES string of the molecule is CC(C)Oc1ccc(F)c(-c2ccc(N)c(C(=O)O)n2)c1. The van der Waals surface area contributed by atoms with Gasteiger partial charge in [0.15, 0.2) is 5.69 Å². The molecule has 110 valence electrons. The lowest BCUT2D eigenvalue weighted by Gasteiger charge is -2.12. The Kier molecular flexibility index (Phi) is 4.07. The molecule has 0 spiro atoms. The summed E-state index contributed by atoms with van der Waals surface area (Å²) in [6.07, 6.45) is -0.0581. The molecule has 0 fully saturated rings. The Morgan fingerprint density at radius 2 is 2.05 bits per heavy atom. The Hall–Kier alpha value is -2.63. The van der Waals surface area contributed by atoms with Gasteiger partial charge in [0.1, 0.15) is 11.6 Å². The van der Waals surface area contributed by atoms with Gasteiger partial charge in [-0.1, -0.05) is 0 Å². The van der Waals surface area contributed by atoms with Crippen molar-refractivity contribution in [1.82, 2.24) is 4.98 Å². The molecule has 0 aliphatic heterocycles. The summed E-state index contributed by atoms with van der Waals surface area (Å²) in [5, 5.41) is 9.02. The average Bonchev–Trinajstić information content (AvgIpc) is 2.41. The lowest BCUT2D eigenvalue weighted by atomic mass is 10.1. The minimum Gasteiger partial charge on any atom is -0.491 e. The van der Waals surface area contributed by atoms with Gasteiger partial charge in [0.25, 0.3) is 0 Å². The molecule has 1 aromatic carbocycles. The van der Waals surface area contributed by atoms with E-state index in [4.69, 9.17) is 15.6 Å². The number of aromatic carboxylic acids is 1. The molecule has 1 heterocycles. The van der Waals surface area contributed by atoms with Crippen LogP contribution in [0, 0.1) is 5.82 Å². The second kappa shape index (κ2) is 5.78. The van der Waals surface area contributed by atoms with Crippen molar-refractivity contribution in [3.05, 3.63) is 41.8 Å². The molecule has 2 aromatic rings. The summed E-state index contributed by atoms with van der Waals surface area (Å²) in [5.41, 5.74) is 5.62. The van der Waals surface area contributed by atoms with Crippen LogP contribution in [-0.2, 0) is 0 Å². The fourth-order valence-corrected chi connectivity index (χ4v) is 1.84. The number of anilines is 1. The number of rotatable bonds is 4. The van der Waals surface area contributed by atoms with Gasteiger partial charge in [0, 0.05) is 5.56 Å². The molecule has 21 heavy (non-hydrogen) atoms. The zero-order chi connectivity index (χ0) is 15.6. The molecular formula is C15H15FN2O3. The summed E-state index contributed by atoms with van der Waals surface area (Å²) in [6, 6.07) is 7.11. The van der Waals surface area contributed by atoms with Crippen molar-refractivity contribution >= 4 is 11.7 Å². The smallest absolute Gasteiger partial charge is 0.356 e. The molecule has 0 atom stereocenters. The molecule has 3 N–H and O–H groups in total. The number of nitrogens with two attached hydrogens (primary N) is 1. The highest BCUT2D eigenvalue weighted by Gasteiger charge is 2.14. The molecule has 6 heteroatoms. The zero-order valence-electron chi connectivity index (χ0n) is 11.6. The van der Waals surface area contributed by atoms with E-state index in [1.54, 1.807) is 0 Å². The highest BCUT2D eigenvalue weighted by molar-refractivity contribution is 5.92. The van der Waals surface area contributed by atoms with E-state index in [-0.39, 0.29) is 28.7 Å². The summed E-state index contributed by atoms with van der Waals surface area (Å²) in [4.78, 5) is 14.9. The predicted octanol–water partition coefficient (Wildman–Crippen LogP) is 2.96. The molecule has 2 rings (SSSR count). The highest BCUT2D eigenvalue weighted by Crippen LogP contribution is 2.27. The van der Waals surface area contributed by atoms with Crippen LogP contribution >= 0.6 is 0 Å². The number of nitrogens with zero attached hydrogens (tertiary/aromatic N) is 1. The Morgan fingerprint density at radius 1 is 1.33 bits per heavy atom. The summed E-state index contributed by atoms with van der Waals surface area (Å²) in [6.45, 7) is 3.71. The van der Waals surface area contributed by atoms with Crippen molar-refractivity contribution in [1.29, 1.82) is 0 Å². The Balaban J connectivity index is 2.50. The molecule has 5 nitrogen and oxygen atoms in total. The molecule has 0 bridgehead atoms. The number of carbonyl (C=O) groups is 1. The van der Waals surface area contributed by atoms with E-state index in [1.807, 2.05) is 13.8 Å². The summed E-state index contributed by atoms with van der Waals surface area (Å²) in [7, 11) is 0. The first-order valence-corrected chi connectivity index (χ1v) is 6.35. The van der Waals surface area contributed by atoms with Crippen molar-refractivity contribution in [2.75, 3.05) is 5.73 Å². The van der Waals surface area contributed by atoms with Gasteiger partial charge >= 0.3 is 5.97 Å². The number of nitrogen functional groups attached to an aromatic ring is 1. The molecule has 0 unspecified atom stereocenters. The van der Waals surface area contributed by atoms with Crippen molar-refractivity contribution in [3.8, 4) is 17.0 Å². The van der Waals surface area contributed by atoms with Gasteiger partial charge in [-0.3, -0.25) is 0 Å². The Morgan fingerprint density at radius 3 is 2.67 bits per heavy atom. The maximum Gasteiger partial charge on any atom is 0.356 e. The minimum atomic E-state index is -1.26. The van der Waals surface area contributed by atoms with Crippen LogP contribution in [0.3, 0.4) is 0 Å². The number of carboxylic acids is 1. The third kappa shape index (κ3) is 3.28. The van der Waals surface area contributed by atoms with E-state index >= 15 is 0 Å². The first kappa shape index (κ1) is 14.8. The fourth-order valence-electron chi connectivity index (χ4n) is 1.84. The second-order valence-electron chi connectivity index (χ2n) is 4.75. The topological polar surface area (TPSA) is 85.4 Å². The van der Waals surface area contributed by atoms with Gasteiger partial charge in [0.2, 0.25) is 0 Å². The van der Waals surface area contributed by atoms with Crippen LogP contribution in [0.25, 0.3) is 11.3 Å². The van der Waals surface area contributed by atoms with Gasteiger partial charge in [0.05, 0.1) is 17.5 Å². The van der Waals surface area contributed by atoms with E-state index in [2.05, 4.69) is 4.98 Å². The van der Waals surface area contributed by atoms with Gasteiger partial charge < -0.3 is 15.6 Å². The molecule has 0 aliphatic carbocycles. The number of ether oxygens (including phenoxy) is 1. The molecule has 0 amide bonds. The number of benzene rings is 1. The van der Waals surface area contributed by atoms with Gasteiger partial charge in [-0.25, -0.2) is 14.2 Å². The lowest BCUT2D eigenvalue weighted by molar-refractivity contribution is 0.0692. The average molecular weight is 290 g/mol. The molecule has 0 radical (unpaired) electrons. The fraction of sp³-hybridized carbons (Fsp3) is 0.200. The predicted molar refractivity (Wildman–Crippen MR) is 76.8 cm³/mol. The molecule has 1 aromatic heterocycles. The van der Waals surface area contributed by atoms with Crippen molar-refractivity contribution in [3.63, 3.8) is 0 Å². The van der Waals surface area contributed by atoms with E-state index in [1.165, 1.54) is 30.3 Å². The van der Waals surface area contributed by atoms with E-state index in [0.717, 1.165) is 0 Å². The van der Waals surface area contributed by atoms with Crippen LogP contribution in [0.4, 0.5) is 10.1 Å². The third-order valence-electron chi connectivity index (χ3n) is 2.71. The van der Waals surface area contributed by atoms with Crippen LogP contribution in [0.15, 0.2) is 30.3 Å². The Bertz CT molecular complexity index is 687. The van der Waals surface area contributed by atoms with Gasteiger partial charge in [-0.2, -0.15) is 0 Å². The number of aromatic nitrogens is 1. The van der Waals surface area contributed by atoms with Crippen LogP contribution < -0.4 is 10.5 Å². The minimum absolute atomic E-state index is 0.0289. The summed E-state index contributed by atoms with van der Waals surface area (Å²) in [5.74, 6) is -1.29. The lowest BCUT2D eigenvalue weighted by Crippen LogP contribution is -2.07. The Labute approximate surface area is 121 Å². The van der Waals surface area contributed by atoms with E-state index in [9.17, 15) is 9.18 Å². The maximum absolute atomic E-state index is 14.0. The molecule has 0 aliphatic rings. The number of hydrogen-bond acceptors (Lipinski definition) is 4. The number of hydrogen-bond donors (Lipinski definition) is 2. The maximum atomic E-state index is 14.0. The van der Waals surface area contributed by atoms with Gasteiger partial charge in [-0.05, 0) is 44.2 Å². The summed E-state index contributed by atoms with van der Waals surface area (Å²) < 4.78 is 19.4. The molecule has 0 saturated carbocycles. The zero-order valence-corrected chi connectivity index (χ0v) is 11.6. The normalized spacial score (nSPS) is 10.7. The standard InChI is InChI=1S/C15H15FN2O3/c1-8(2)21-9-3-4-11(16)10(7-9)13-6-5-12(17)14(18-13)15(19)20/h3-8H,17H2,1-2H3,(H,19,20). The first-order chi connectivity index (χ1) is 9.88. The van der Waals surface area contributed by atoms with Crippen LogP contribution in [0.1, 0.15) is 24.3 Å². The molecular weight excluding hydrogens is 275 g/mol. The van der Waals surface area contributed by atoms with Crippen LogP contribution in [0.5, 0.6) is 5.75 Å². The third-order valence-corrected chi connectivity index (χ3v) is 2.71. The monoisotopic (exact) mass is 290 g/mol. The van der Waals surface area contributed by atoms with Crippen molar-refractivity contribution in [2.45, 2.75) is 20.0 Å². The van der Waals surface area contributed by atoms with Crippen LogP contribution in [0.2, 0.25) is 0 Å². The van der Waals surface area contributed by atoms with Crippen LogP contribution in [-0.4, -0.2) is 22.2 Å². The second-order valence-corrected chi connectivity index (χ2v) is 4.75. The summed E-state index contributed by atoms with van der Waals surface area (Å²) >= 11 is 0. The van der Waals surface area contributed by atoms with Gasteiger partial charge in [-0.15, -0.1) is 0 Å². The van der Waals surface area contributed by atoms with E-state index in [0.29, 0.717) is 5.75 Å². The number of carboxylic acid groups (broad SMARTS) is 1. The first-order valence-electron chi connectivity index (χ1n) is 6.35. The van der Waals surface area contributed by atoms with Crippen molar-refractivity contribution < 1.29 is 19.0 Å². The van der Waals surface area contributed by atoms with E-state index < -0.39 is 11.8 Å². The largest absolute Gasteiger partial charge is 0.491 e.